The van der Waals surface area contributed by atoms with Gasteiger partial charge in [-0.05, 0) is 91.2 Å². The second-order valence-electron chi connectivity index (χ2n) is 11.2. The van der Waals surface area contributed by atoms with Gasteiger partial charge in [0.2, 0.25) is 0 Å². The van der Waals surface area contributed by atoms with Crippen molar-refractivity contribution in [2.75, 3.05) is 6.61 Å². The molecule has 0 aromatic carbocycles. The maximum atomic E-state index is 11.8. The van der Waals surface area contributed by atoms with Crippen molar-refractivity contribution in [3.05, 3.63) is 47.8 Å². The highest BCUT2D eigenvalue weighted by Crippen LogP contribution is 2.66. The number of carboxylic acids is 1. The largest absolute Gasteiger partial charge is 0.508 e. The SMILES string of the molecule is CCC(=O)O.CCOC(=O)OC1CC[C@@]2(C)C(=CCC3C2CC[C@]2(C)C(c4cccnc4)=CCC32)C1. The zero-order valence-corrected chi connectivity index (χ0v) is 22.2. The topological polar surface area (TPSA) is 85.7 Å². The van der Waals surface area contributed by atoms with Gasteiger partial charge < -0.3 is 14.6 Å². The maximum absolute atomic E-state index is 11.8. The minimum atomic E-state index is -0.745. The van der Waals surface area contributed by atoms with Gasteiger partial charge in [0.05, 0.1) is 6.61 Å². The Morgan fingerprint density at radius 3 is 2.50 bits per heavy atom. The molecular formula is C30H41NO5. The van der Waals surface area contributed by atoms with Gasteiger partial charge in [0.15, 0.2) is 0 Å². The molecule has 1 heterocycles. The van der Waals surface area contributed by atoms with Gasteiger partial charge in [-0.15, -0.1) is 0 Å². The van der Waals surface area contributed by atoms with Crippen molar-refractivity contribution >= 4 is 17.7 Å². The fourth-order valence-electron chi connectivity index (χ4n) is 7.55. The van der Waals surface area contributed by atoms with Crippen LogP contribution in [-0.2, 0) is 14.3 Å². The molecule has 0 radical (unpaired) electrons. The first kappa shape index (κ1) is 26.4. The fourth-order valence-corrected chi connectivity index (χ4v) is 7.55. The average molecular weight is 496 g/mol. The van der Waals surface area contributed by atoms with Crippen LogP contribution in [0.2, 0.25) is 0 Å². The van der Waals surface area contributed by atoms with Crippen LogP contribution in [-0.4, -0.2) is 34.9 Å². The van der Waals surface area contributed by atoms with E-state index < -0.39 is 12.1 Å². The summed E-state index contributed by atoms with van der Waals surface area (Å²) in [4.78, 5) is 25.6. The summed E-state index contributed by atoms with van der Waals surface area (Å²) in [5.41, 5.74) is 4.86. The number of carbonyl (C=O) groups is 2. The number of hydrogen-bond acceptors (Lipinski definition) is 5. The van der Waals surface area contributed by atoms with Crippen molar-refractivity contribution in [3.63, 3.8) is 0 Å². The van der Waals surface area contributed by atoms with Gasteiger partial charge in [0.25, 0.3) is 0 Å². The third-order valence-corrected chi connectivity index (χ3v) is 9.44. The second-order valence-corrected chi connectivity index (χ2v) is 11.2. The quantitative estimate of drug-likeness (QED) is 0.355. The summed E-state index contributed by atoms with van der Waals surface area (Å²) in [6, 6.07) is 4.29. The third-order valence-electron chi connectivity index (χ3n) is 9.44. The molecule has 6 heteroatoms. The van der Waals surface area contributed by atoms with E-state index in [0.29, 0.717) is 12.5 Å². The summed E-state index contributed by atoms with van der Waals surface area (Å²) in [6.45, 7) is 8.78. The minimum Gasteiger partial charge on any atom is -0.481 e. The van der Waals surface area contributed by atoms with E-state index in [1.165, 1.54) is 36.0 Å². The molecule has 4 aliphatic carbocycles. The molecule has 5 rings (SSSR count). The summed E-state index contributed by atoms with van der Waals surface area (Å²) >= 11 is 0. The molecule has 36 heavy (non-hydrogen) atoms. The average Bonchev–Trinajstić information content (AvgIpc) is 3.22. The van der Waals surface area contributed by atoms with E-state index in [1.807, 2.05) is 19.3 Å². The molecule has 2 saturated carbocycles. The van der Waals surface area contributed by atoms with Gasteiger partial charge in [0, 0.05) is 25.2 Å². The lowest BCUT2D eigenvalue weighted by Gasteiger charge is -2.57. The van der Waals surface area contributed by atoms with E-state index >= 15 is 0 Å². The van der Waals surface area contributed by atoms with E-state index in [1.54, 1.807) is 6.92 Å². The highest BCUT2D eigenvalue weighted by molar-refractivity contribution is 5.72. The Kier molecular flexibility index (Phi) is 7.91. The van der Waals surface area contributed by atoms with Crippen LogP contribution in [0.4, 0.5) is 4.79 Å². The number of rotatable bonds is 4. The summed E-state index contributed by atoms with van der Waals surface area (Å²) < 4.78 is 10.6. The highest BCUT2D eigenvalue weighted by atomic mass is 16.7. The number of fused-ring (bicyclic) bond motifs is 5. The Labute approximate surface area is 215 Å². The predicted molar refractivity (Wildman–Crippen MR) is 139 cm³/mol. The van der Waals surface area contributed by atoms with Crippen molar-refractivity contribution in [2.24, 2.45) is 28.6 Å². The summed E-state index contributed by atoms with van der Waals surface area (Å²) in [5, 5.41) is 7.72. The Bertz CT molecular complexity index is 1020. The van der Waals surface area contributed by atoms with Gasteiger partial charge in [0.1, 0.15) is 6.10 Å². The monoisotopic (exact) mass is 495 g/mol. The third kappa shape index (κ3) is 4.96. The molecule has 1 aromatic heterocycles. The Hall–Kier alpha value is -2.63. The van der Waals surface area contributed by atoms with Crippen LogP contribution in [0.3, 0.4) is 0 Å². The molecule has 196 valence electrons. The number of hydrogen-bond donors (Lipinski definition) is 1. The van der Waals surface area contributed by atoms with Gasteiger partial charge in [-0.3, -0.25) is 9.78 Å². The van der Waals surface area contributed by atoms with Crippen molar-refractivity contribution in [2.45, 2.75) is 85.2 Å². The molecule has 0 amide bonds. The lowest BCUT2D eigenvalue weighted by atomic mass is 9.47. The molecule has 6 nitrogen and oxygen atoms in total. The van der Waals surface area contributed by atoms with E-state index in [2.05, 4.69) is 43.1 Å². The van der Waals surface area contributed by atoms with Crippen LogP contribution in [0.25, 0.3) is 5.57 Å². The molecule has 4 aliphatic rings. The molecular weight excluding hydrogens is 454 g/mol. The first-order valence-corrected chi connectivity index (χ1v) is 13.6. The number of carboxylic acid groups (broad SMARTS) is 1. The van der Waals surface area contributed by atoms with Gasteiger partial charge in [-0.2, -0.15) is 0 Å². The normalized spacial score (nSPS) is 34.4. The highest BCUT2D eigenvalue weighted by Gasteiger charge is 2.57. The van der Waals surface area contributed by atoms with E-state index in [4.69, 9.17) is 14.6 Å². The number of ether oxygens (including phenoxy) is 2. The van der Waals surface area contributed by atoms with Gasteiger partial charge >= 0.3 is 12.1 Å². The van der Waals surface area contributed by atoms with Gasteiger partial charge in [-0.1, -0.05) is 44.6 Å². The molecule has 0 saturated heterocycles. The lowest BCUT2D eigenvalue weighted by Crippen LogP contribution is -2.50. The zero-order valence-electron chi connectivity index (χ0n) is 22.2. The Morgan fingerprint density at radius 1 is 1.08 bits per heavy atom. The number of carbonyl (C=O) groups excluding carboxylic acids is 1. The van der Waals surface area contributed by atoms with Crippen molar-refractivity contribution in [1.82, 2.24) is 4.98 Å². The Balaban J connectivity index is 0.000000556. The number of aromatic nitrogens is 1. The summed E-state index contributed by atoms with van der Waals surface area (Å²) in [5.74, 6) is 1.44. The van der Waals surface area contributed by atoms with E-state index in [-0.39, 0.29) is 23.4 Å². The van der Waals surface area contributed by atoms with Crippen LogP contribution in [0.15, 0.2) is 42.3 Å². The van der Waals surface area contributed by atoms with Crippen LogP contribution in [0.5, 0.6) is 0 Å². The summed E-state index contributed by atoms with van der Waals surface area (Å²) in [6.07, 6.45) is 16.4. The fraction of sp³-hybridized carbons (Fsp3) is 0.633. The standard InChI is InChI=1S/C27H35NO3.C3H6O2/c1-4-30-25(29)31-20-11-13-26(2)19(16-20)7-8-21-23-10-9-22(18-6-5-15-28-17-18)27(23,3)14-12-24(21)26;1-2-3(4)5/h5-7,9,15,17,20-21,23-24H,4,8,10-14,16H2,1-3H3;2H2,1H3,(H,4,5)/t20?,21?,23?,24?,26-,27+;/m0./s1. The van der Waals surface area contributed by atoms with Crippen molar-refractivity contribution < 1.29 is 24.2 Å². The number of nitrogens with zero attached hydrogens (tertiary/aromatic N) is 1. The van der Waals surface area contributed by atoms with Crippen molar-refractivity contribution in [1.29, 1.82) is 0 Å². The van der Waals surface area contributed by atoms with Gasteiger partial charge in [-0.25, -0.2) is 4.79 Å². The second kappa shape index (κ2) is 10.8. The molecule has 4 unspecified atom stereocenters. The lowest BCUT2D eigenvalue weighted by molar-refractivity contribution is -0.136. The summed E-state index contributed by atoms with van der Waals surface area (Å²) in [7, 11) is 0. The minimum absolute atomic E-state index is 0.0332. The molecule has 1 aromatic rings. The zero-order chi connectivity index (χ0) is 25.9. The Morgan fingerprint density at radius 2 is 1.83 bits per heavy atom. The van der Waals surface area contributed by atoms with Crippen LogP contribution < -0.4 is 0 Å². The van der Waals surface area contributed by atoms with E-state index in [9.17, 15) is 9.59 Å². The van der Waals surface area contributed by atoms with Crippen LogP contribution in [0, 0.1) is 28.6 Å². The molecule has 0 bridgehead atoms. The molecule has 0 spiro atoms. The smallest absolute Gasteiger partial charge is 0.481 e. The van der Waals surface area contributed by atoms with Crippen molar-refractivity contribution in [3.8, 4) is 0 Å². The number of allylic oxidation sites excluding steroid dienone is 3. The first-order chi connectivity index (χ1) is 17.2. The molecule has 1 N–H and O–H groups in total. The maximum Gasteiger partial charge on any atom is 0.508 e. The number of aliphatic carboxylic acids is 1. The number of pyridine rings is 1. The first-order valence-electron chi connectivity index (χ1n) is 13.6. The van der Waals surface area contributed by atoms with E-state index in [0.717, 1.165) is 37.5 Å². The molecule has 0 aliphatic heterocycles. The van der Waals surface area contributed by atoms with Crippen LogP contribution in [0.1, 0.15) is 84.6 Å². The predicted octanol–water partition coefficient (Wildman–Crippen LogP) is 7.06. The van der Waals surface area contributed by atoms with Crippen LogP contribution >= 0.6 is 0 Å². The molecule has 2 fully saturated rings. The molecule has 6 atom stereocenters.